The number of anilines is 2. The number of aromatic hydroxyl groups is 1. The zero-order valence-corrected chi connectivity index (χ0v) is 15.7. The number of phenolic OH excluding ortho intramolecular Hbond substituents is 1. The summed E-state index contributed by atoms with van der Waals surface area (Å²) < 4.78 is 31.1. The normalized spacial score (nSPS) is 12.0. The van der Waals surface area contributed by atoms with Crippen LogP contribution in [0.15, 0.2) is 86.0 Å². The minimum absolute atomic E-state index is 0.0567. The number of nitrogens with zero attached hydrogens (tertiary/aromatic N) is 4. The number of nitrogens with two attached hydrogens (primary N) is 2. The van der Waals surface area contributed by atoms with E-state index < -0.39 is 10.1 Å². The van der Waals surface area contributed by atoms with Gasteiger partial charge in [0.2, 0.25) is 0 Å². The molecule has 0 aliphatic heterocycles. The van der Waals surface area contributed by atoms with Gasteiger partial charge >= 0.3 is 0 Å². The van der Waals surface area contributed by atoms with Crippen LogP contribution >= 0.6 is 0 Å². The molecule has 0 aliphatic carbocycles. The van der Waals surface area contributed by atoms with Gasteiger partial charge in [0.05, 0.1) is 27.6 Å². The van der Waals surface area contributed by atoms with Crippen molar-refractivity contribution in [2.75, 3.05) is 11.5 Å². The van der Waals surface area contributed by atoms with Gasteiger partial charge in [0.15, 0.2) is 0 Å². The first-order chi connectivity index (χ1) is 13.7. The molecule has 0 atom stereocenters. The predicted molar refractivity (Wildman–Crippen MR) is 108 cm³/mol. The minimum Gasteiger partial charge on any atom is -0.508 e. The maximum Gasteiger partial charge on any atom is 0.294 e. The van der Waals surface area contributed by atoms with E-state index in [-0.39, 0.29) is 27.7 Å². The lowest BCUT2D eigenvalue weighted by atomic mass is 10.2. The van der Waals surface area contributed by atoms with Crippen LogP contribution < -0.4 is 11.5 Å². The van der Waals surface area contributed by atoms with Crippen molar-refractivity contribution in [1.82, 2.24) is 0 Å². The molecule has 0 unspecified atom stereocenters. The fraction of sp³-hybridized carbons (Fsp3) is 0. The summed E-state index contributed by atoms with van der Waals surface area (Å²) in [5, 5.41) is 25.5. The molecule has 3 aromatic rings. The third-order valence-corrected chi connectivity index (χ3v) is 4.55. The summed E-state index contributed by atoms with van der Waals surface area (Å²) >= 11 is 0. The van der Waals surface area contributed by atoms with E-state index in [1.54, 1.807) is 12.1 Å². The van der Waals surface area contributed by atoms with Crippen LogP contribution in [0.4, 0.5) is 34.1 Å². The lowest BCUT2D eigenvalue weighted by Crippen LogP contribution is -1.96. The van der Waals surface area contributed by atoms with Crippen molar-refractivity contribution in [2.45, 2.75) is 4.90 Å². The Bertz CT molecular complexity index is 1210. The fourth-order valence-electron chi connectivity index (χ4n) is 2.25. The topological polar surface area (TPSA) is 176 Å². The highest BCUT2D eigenvalue weighted by atomic mass is 32.2. The summed E-state index contributed by atoms with van der Waals surface area (Å²) in [6, 6.07) is 14.3. The second-order valence-electron chi connectivity index (χ2n) is 5.86. The van der Waals surface area contributed by atoms with Crippen LogP contribution in [0.5, 0.6) is 5.75 Å². The number of rotatable bonds is 5. The van der Waals surface area contributed by atoms with E-state index in [9.17, 15) is 13.5 Å². The van der Waals surface area contributed by atoms with Crippen molar-refractivity contribution < 1.29 is 18.1 Å². The maximum atomic E-state index is 11.1. The van der Waals surface area contributed by atoms with Crippen molar-refractivity contribution in [3.05, 3.63) is 60.7 Å². The molecule has 0 radical (unpaired) electrons. The average molecular weight is 412 g/mol. The molecular weight excluding hydrogens is 396 g/mol. The maximum absolute atomic E-state index is 11.1. The summed E-state index contributed by atoms with van der Waals surface area (Å²) in [5.74, 6) is 0.0567. The monoisotopic (exact) mass is 412 g/mol. The van der Waals surface area contributed by atoms with Crippen LogP contribution in [0.2, 0.25) is 0 Å². The van der Waals surface area contributed by atoms with Gasteiger partial charge < -0.3 is 16.6 Å². The minimum atomic E-state index is -4.28. The largest absolute Gasteiger partial charge is 0.508 e. The van der Waals surface area contributed by atoms with Crippen LogP contribution in [-0.4, -0.2) is 18.1 Å². The standard InChI is InChI=1S/C18H16N6O4S/c19-15-9-16(20)18(24-22-12-2-1-3-13(25)8-12)10-17(15)23-21-11-4-6-14(7-5-11)29(26,27)28/h1-10,25H,19-20H2,(H,26,27,28). The summed E-state index contributed by atoms with van der Waals surface area (Å²) in [5.41, 5.74) is 13.7. The summed E-state index contributed by atoms with van der Waals surface area (Å²) in [4.78, 5) is -0.252. The molecule has 3 aromatic carbocycles. The van der Waals surface area contributed by atoms with E-state index in [2.05, 4.69) is 20.5 Å². The molecule has 148 valence electrons. The highest BCUT2D eigenvalue weighted by Gasteiger charge is 2.09. The van der Waals surface area contributed by atoms with Crippen LogP contribution in [-0.2, 0) is 10.1 Å². The van der Waals surface area contributed by atoms with Crippen LogP contribution in [0.1, 0.15) is 0 Å². The van der Waals surface area contributed by atoms with E-state index in [4.69, 9.17) is 16.0 Å². The lowest BCUT2D eigenvalue weighted by molar-refractivity contribution is 0.475. The predicted octanol–water partition coefficient (Wildman–Crippen LogP) is 4.63. The zero-order chi connectivity index (χ0) is 21.0. The Kier molecular flexibility index (Phi) is 5.52. The van der Waals surface area contributed by atoms with E-state index >= 15 is 0 Å². The number of phenols is 1. The number of nitrogen functional groups attached to an aromatic ring is 2. The molecule has 29 heavy (non-hydrogen) atoms. The van der Waals surface area contributed by atoms with Crippen LogP contribution in [0, 0.1) is 0 Å². The average Bonchev–Trinajstić information content (AvgIpc) is 2.66. The van der Waals surface area contributed by atoms with Crippen molar-refractivity contribution >= 4 is 44.2 Å². The van der Waals surface area contributed by atoms with Gasteiger partial charge in [-0.05, 0) is 48.5 Å². The van der Waals surface area contributed by atoms with Crippen LogP contribution in [0.25, 0.3) is 0 Å². The first kappa shape index (κ1) is 19.9. The molecule has 10 nitrogen and oxygen atoms in total. The van der Waals surface area contributed by atoms with Gasteiger partial charge in [-0.1, -0.05) is 6.07 Å². The summed E-state index contributed by atoms with van der Waals surface area (Å²) in [7, 11) is -4.28. The van der Waals surface area contributed by atoms with Crippen LogP contribution in [0.3, 0.4) is 0 Å². The fourth-order valence-corrected chi connectivity index (χ4v) is 2.73. The molecule has 0 saturated carbocycles. The van der Waals surface area contributed by atoms with E-state index in [0.29, 0.717) is 17.1 Å². The van der Waals surface area contributed by atoms with Gasteiger partial charge in [-0.15, -0.1) is 10.2 Å². The summed E-state index contributed by atoms with van der Waals surface area (Å²) in [6.07, 6.45) is 0. The first-order valence-corrected chi connectivity index (χ1v) is 9.55. The Morgan fingerprint density at radius 1 is 0.724 bits per heavy atom. The smallest absolute Gasteiger partial charge is 0.294 e. The molecule has 0 amide bonds. The highest BCUT2D eigenvalue weighted by molar-refractivity contribution is 7.85. The highest BCUT2D eigenvalue weighted by Crippen LogP contribution is 2.35. The second kappa shape index (κ2) is 8.04. The molecule has 0 aromatic heterocycles. The number of benzene rings is 3. The van der Waals surface area contributed by atoms with Crippen molar-refractivity contribution in [2.24, 2.45) is 20.5 Å². The molecule has 0 spiro atoms. The Hall–Kier alpha value is -3.83. The molecular formula is C18H16N6O4S. The van der Waals surface area contributed by atoms with Gasteiger partial charge in [-0.2, -0.15) is 18.6 Å². The molecule has 0 fully saturated rings. The molecule has 11 heteroatoms. The Morgan fingerprint density at radius 2 is 1.31 bits per heavy atom. The second-order valence-corrected chi connectivity index (χ2v) is 7.28. The van der Waals surface area contributed by atoms with Crippen molar-refractivity contribution in [3.63, 3.8) is 0 Å². The SMILES string of the molecule is Nc1cc(N)c(N=Nc2cccc(O)c2)cc1N=Nc1ccc(S(=O)(=O)O)cc1. The summed E-state index contributed by atoms with van der Waals surface area (Å²) in [6.45, 7) is 0. The Morgan fingerprint density at radius 3 is 1.86 bits per heavy atom. The molecule has 0 saturated heterocycles. The molecule has 0 bridgehead atoms. The molecule has 0 heterocycles. The van der Waals surface area contributed by atoms with E-state index in [0.717, 1.165) is 0 Å². The third kappa shape index (κ3) is 5.12. The Labute approximate surface area is 166 Å². The first-order valence-electron chi connectivity index (χ1n) is 8.11. The van der Waals surface area contributed by atoms with Crippen molar-refractivity contribution in [1.29, 1.82) is 0 Å². The lowest BCUT2D eigenvalue weighted by Gasteiger charge is -2.04. The van der Waals surface area contributed by atoms with Gasteiger partial charge in [-0.25, -0.2) is 0 Å². The molecule has 6 N–H and O–H groups in total. The third-order valence-electron chi connectivity index (χ3n) is 3.69. The molecule has 0 aliphatic rings. The quantitative estimate of drug-likeness (QED) is 0.269. The van der Waals surface area contributed by atoms with Gasteiger partial charge in [0, 0.05) is 6.07 Å². The zero-order valence-electron chi connectivity index (χ0n) is 14.8. The number of hydrogen-bond acceptors (Lipinski definition) is 9. The van der Waals surface area contributed by atoms with Gasteiger partial charge in [-0.3, -0.25) is 4.55 Å². The van der Waals surface area contributed by atoms with Gasteiger partial charge in [0.25, 0.3) is 10.1 Å². The molecule has 3 rings (SSSR count). The number of hydrogen-bond donors (Lipinski definition) is 4. The van der Waals surface area contributed by atoms with E-state index in [1.165, 1.54) is 48.5 Å². The van der Waals surface area contributed by atoms with Crippen molar-refractivity contribution in [3.8, 4) is 5.75 Å². The van der Waals surface area contributed by atoms with E-state index in [1.807, 2.05) is 0 Å². The number of azo groups is 2. The van der Waals surface area contributed by atoms with Gasteiger partial charge in [0.1, 0.15) is 17.1 Å². The Balaban J connectivity index is 1.86.